The van der Waals surface area contributed by atoms with Gasteiger partial charge in [-0.2, -0.15) is 5.10 Å². The van der Waals surface area contributed by atoms with Crippen molar-refractivity contribution in [3.63, 3.8) is 0 Å². The van der Waals surface area contributed by atoms with Crippen LogP contribution in [0.5, 0.6) is 0 Å². The van der Waals surface area contributed by atoms with E-state index in [2.05, 4.69) is 15.4 Å². The first-order valence-corrected chi connectivity index (χ1v) is 7.97. The van der Waals surface area contributed by atoms with Gasteiger partial charge in [0.25, 0.3) is 5.56 Å². The Kier molecular flexibility index (Phi) is 4.99. The number of benzene rings is 1. The van der Waals surface area contributed by atoms with E-state index in [1.165, 1.54) is 10.7 Å². The van der Waals surface area contributed by atoms with Gasteiger partial charge in [-0.3, -0.25) is 14.6 Å². The Morgan fingerprint density at radius 3 is 2.52 bits per heavy atom. The van der Waals surface area contributed by atoms with Gasteiger partial charge < -0.3 is 5.32 Å². The van der Waals surface area contributed by atoms with E-state index in [-0.39, 0.29) is 11.5 Å². The molecule has 2 heterocycles. The Balaban J connectivity index is 1.78. The van der Waals surface area contributed by atoms with Crippen molar-refractivity contribution >= 4 is 5.91 Å². The molecule has 0 bridgehead atoms. The number of carbonyl (C=O) groups is 1. The van der Waals surface area contributed by atoms with Crippen molar-refractivity contribution in [1.82, 2.24) is 20.1 Å². The molecular weight excluding hydrogens is 316 g/mol. The average molecular weight is 334 g/mol. The van der Waals surface area contributed by atoms with Crippen molar-refractivity contribution in [2.45, 2.75) is 19.5 Å². The summed E-state index contributed by atoms with van der Waals surface area (Å²) in [6.45, 7) is 2.03. The van der Waals surface area contributed by atoms with Crippen molar-refractivity contribution < 1.29 is 4.79 Å². The second-order valence-electron chi connectivity index (χ2n) is 5.62. The quantitative estimate of drug-likeness (QED) is 0.776. The monoisotopic (exact) mass is 334 g/mol. The lowest BCUT2D eigenvalue weighted by atomic mass is 10.1. The normalized spacial score (nSPS) is 11.7. The number of carbonyl (C=O) groups excluding carboxylic acids is 1. The summed E-state index contributed by atoms with van der Waals surface area (Å²) in [6.07, 6.45) is 3.33. The molecule has 126 valence electrons. The topological polar surface area (TPSA) is 76.9 Å². The molecular formula is C19H18N4O2. The molecule has 1 aromatic carbocycles. The Hall–Kier alpha value is -3.28. The van der Waals surface area contributed by atoms with E-state index in [1.807, 2.05) is 42.5 Å². The second kappa shape index (κ2) is 7.53. The van der Waals surface area contributed by atoms with Crippen LogP contribution in [-0.4, -0.2) is 20.7 Å². The van der Waals surface area contributed by atoms with Crippen LogP contribution in [0.1, 0.15) is 18.5 Å². The minimum Gasteiger partial charge on any atom is -0.350 e. The number of nitrogens with zero attached hydrogens (tertiary/aromatic N) is 3. The van der Waals surface area contributed by atoms with E-state index in [9.17, 15) is 9.59 Å². The molecule has 2 aromatic heterocycles. The van der Waals surface area contributed by atoms with E-state index in [0.29, 0.717) is 12.2 Å². The van der Waals surface area contributed by atoms with Gasteiger partial charge in [0.05, 0.1) is 5.69 Å². The number of hydrogen-bond acceptors (Lipinski definition) is 4. The summed E-state index contributed by atoms with van der Waals surface area (Å²) >= 11 is 0. The second-order valence-corrected chi connectivity index (χ2v) is 5.62. The molecule has 6 heteroatoms. The van der Waals surface area contributed by atoms with Crippen LogP contribution in [0.25, 0.3) is 11.3 Å². The van der Waals surface area contributed by atoms with Crippen LogP contribution < -0.4 is 10.9 Å². The van der Waals surface area contributed by atoms with Crippen LogP contribution >= 0.6 is 0 Å². The first-order valence-electron chi connectivity index (χ1n) is 7.97. The van der Waals surface area contributed by atoms with Gasteiger partial charge in [-0.25, -0.2) is 4.68 Å². The summed E-state index contributed by atoms with van der Waals surface area (Å²) in [5.74, 6) is -0.267. The molecule has 3 rings (SSSR count). The van der Waals surface area contributed by atoms with Crippen LogP contribution in [-0.2, 0) is 11.3 Å². The summed E-state index contributed by atoms with van der Waals surface area (Å²) < 4.78 is 1.21. The van der Waals surface area contributed by atoms with Crippen molar-refractivity contribution in [2.75, 3.05) is 0 Å². The zero-order valence-electron chi connectivity index (χ0n) is 13.8. The Labute approximate surface area is 145 Å². The van der Waals surface area contributed by atoms with Crippen LogP contribution in [0.3, 0.4) is 0 Å². The molecule has 0 aliphatic rings. The zero-order chi connectivity index (χ0) is 17.6. The third-order valence-electron chi connectivity index (χ3n) is 3.86. The van der Waals surface area contributed by atoms with Crippen molar-refractivity contribution in [3.05, 3.63) is 82.9 Å². The van der Waals surface area contributed by atoms with Crippen LogP contribution in [0.2, 0.25) is 0 Å². The highest BCUT2D eigenvalue weighted by atomic mass is 16.2. The highest BCUT2D eigenvalue weighted by Gasteiger charge is 2.17. The fourth-order valence-corrected chi connectivity index (χ4v) is 2.41. The lowest BCUT2D eigenvalue weighted by Crippen LogP contribution is -2.36. The summed E-state index contributed by atoms with van der Waals surface area (Å²) in [5, 5.41) is 7.17. The van der Waals surface area contributed by atoms with Gasteiger partial charge in [0.2, 0.25) is 5.91 Å². The molecule has 0 saturated heterocycles. The molecule has 0 aliphatic carbocycles. The SMILES string of the molecule is C[C@@H](C(=O)NCc1ccncc1)n1nc(-c2ccccc2)ccc1=O. The van der Waals surface area contributed by atoms with Gasteiger partial charge in [0, 0.05) is 30.6 Å². The predicted molar refractivity (Wildman–Crippen MR) is 94.7 cm³/mol. The maximum absolute atomic E-state index is 12.4. The Bertz CT molecular complexity index is 907. The summed E-state index contributed by atoms with van der Waals surface area (Å²) in [5.41, 5.74) is 2.16. The first kappa shape index (κ1) is 16.6. The van der Waals surface area contributed by atoms with Crippen LogP contribution in [0.4, 0.5) is 0 Å². The number of nitrogens with one attached hydrogen (secondary N) is 1. The third kappa shape index (κ3) is 3.98. The van der Waals surface area contributed by atoms with Gasteiger partial charge in [-0.15, -0.1) is 0 Å². The number of hydrogen-bond donors (Lipinski definition) is 1. The van der Waals surface area contributed by atoms with Gasteiger partial charge in [-0.1, -0.05) is 30.3 Å². The lowest BCUT2D eigenvalue weighted by molar-refractivity contribution is -0.124. The molecule has 1 amide bonds. The first-order chi connectivity index (χ1) is 12.1. The third-order valence-corrected chi connectivity index (χ3v) is 3.86. The van der Waals surface area contributed by atoms with E-state index >= 15 is 0 Å². The highest BCUT2D eigenvalue weighted by Crippen LogP contribution is 2.15. The molecule has 0 aliphatic heterocycles. The van der Waals surface area contributed by atoms with Gasteiger partial charge in [0.1, 0.15) is 6.04 Å². The molecule has 25 heavy (non-hydrogen) atoms. The number of amides is 1. The minimum atomic E-state index is -0.710. The van der Waals surface area contributed by atoms with Crippen LogP contribution in [0, 0.1) is 0 Å². The molecule has 6 nitrogen and oxygen atoms in total. The fourth-order valence-electron chi connectivity index (χ4n) is 2.41. The van der Waals surface area contributed by atoms with Crippen molar-refractivity contribution in [2.24, 2.45) is 0 Å². The Morgan fingerprint density at radius 2 is 1.80 bits per heavy atom. The molecule has 0 fully saturated rings. The maximum Gasteiger partial charge on any atom is 0.267 e. The molecule has 1 atom stereocenters. The van der Waals surface area contributed by atoms with E-state index in [0.717, 1.165) is 11.1 Å². The van der Waals surface area contributed by atoms with Crippen molar-refractivity contribution in [1.29, 1.82) is 0 Å². The summed E-state index contributed by atoms with van der Waals surface area (Å²) in [6, 6.07) is 15.6. The van der Waals surface area contributed by atoms with E-state index < -0.39 is 6.04 Å². The number of pyridine rings is 1. The molecule has 0 radical (unpaired) electrons. The molecule has 0 unspecified atom stereocenters. The smallest absolute Gasteiger partial charge is 0.267 e. The van der Waals surface area contributed by atoms with Crippen molar-refractivity contribution in [3.8, 4) is 11.3 Å². The van der Waals surface area contributed by atoms with Crippen LogP contribution in [0.15, 0.2) is 71.8 Å². The van der Waals surface area contributed by atoms with Gasteiger partial charge in [-0.05, 0) is 30.7 Å². The lowest BCUT2D eigenvalue weighted by Gasteiger charge is -2.15. The molecule has 3 aromatic rings. The summed E-state index contributed by atoms with van der Waals surface area (Å²) in [7, 11) is 0. The van der Waals surface area contributed by atoms with E-state index in [1.54, 1.807) is 25.4 Å². The zero-order valence-corrected chi connectivity index (χ0v) is 13.8. The summed E-state index contributed by atoms with van der Waals surface area (Å²) in [4.78, 5) is 28.5. The Morgan fingerprint density at radius 1 is 1.08 bits per heavy atom. The predicted octanol–water partition coefficient (Wildman–Crippen LogP) is 2.18. The fraction of sp³-hybridized carbons (Fsp3) is 0.158. The number of rotatable bonds is 5. The largest absolute Gasteiger partial charge is 0.350 e. The van der Waals surface area contributed by atoms with E-state index in [4.69, 9.17) is 0 Å². The average Bonchev–Trinajstić information content (AvgIpc) is 2.67. The standard InChI is InChI=1S/C19H18N4O2/c1-14(19(25)21-13-15-9-11-20-12-10-15)23-18(24)8-7-17(22-23)16-5-3-2-4-6-16/h2-12,14H,13H2,1H3,(H,21,25)/t14-/m0/s1. The van der Waals surface area contributed by atoms with Gasteiger partial charge in [0.15, 0.2) is 0 Å². The maximum atomic E-state index is 12.4. The number of aromatic nitrogens is 3. The molecule has 0 spiro atoms. The van der Waals surface area contributed by atoms with Gasteiger partial charge >= 0.3 is 0 Å². The molecule has 1 N–H and O–H groups in total. The highest BCUT2D eigenvalue weighted by molar-refractivity contribution is 5.79. The minimum absolute atomic E-state index is 0.267. The molecule has 0 saturated carbocycles.